The largest absolute Gasteiger partial charge is 0.494 e. The highest BCUT2D eigenvalue weighted by Crippen LogP contribution is 2.34. The lowest BCUT2D eigenvalue weighted by atomic mass is 9.99. The standard InChI is InChI=1S/C18H20BrClO/c1-4-21-18-8-7-15(19)11-16(18)17(20)10-14-6-5-12(2)13(3)9-14/h5-9,11,17H,4,10H2,1-3H3. The molecule has 0 bridgehead atoms. The third-order valence-electron chi connectivity index (χ3n) is 3.60. The Hall–Kier alpha value is -0.990. The fourth-order valence-corrected chi connectivity index (χ4v) is 3.03. The van der Waals surface area contributed by atoms with Crippen LogP contribution in [-0.2, 0) is 6.42 Å². The Kier molecular flexibility index (Phi) is 5.72. The molecule has 0 saturated heterocycles. The molecule has 1 nitrogen and oxygen atoms in total. The van der Waals surface area contributed by atoms with Crippen molar-refractivity contribution in [3.8, 4) is 5.75 Å². The van der Waals surface area contributed by atoms with Gasteiger partial charge in [0.15, 0.2) is 0 Å². The smallest absolute Gasteiger partial charge is 0.124 e. The summed E-state index contributed by atoms with van der Waals surface area (Å²) >= 11 is 10.2. The van der Waals surface area contributed by atoms with E-state index < -0.39 is 0 Å². The Bertz CT molecular complexity index is 625. The maximum atomic E-state index is 6.64. The lowest BCUT2D eigenvalue weighted by molar-refractivity contribution is 0.336. The average Bonchev–Trinajstić information content (AvgIpc) is 2.45. The van der Waals surface area contributed by atoms with E-state index in [2.05, 4.69) is 48.0 Å². The van der Waals surface area contributed by atoms with E-state index >= 15 is 0 Å². The van der Waals surface area contributed by atoms with Crippen LogP contribution < -0.4 is 4.74 Å². The van der Waals surface area contributed by atoms with Crippen molar-refractivity contribution in [2.24, 2.45) is 0 Å². The lowest BCUT2D eigenvalue weighted by Gasteiger charge is -2.16. The van der Waals surface area contributed by atoms with Crippen LogP contribution >= 0.6 is 27.5 Å². The van der Waals surface area contributed by atoms with Gasteiger partial charge in [0.1, 0.15) is 5.75 Å². The second-order valence-corrected chi connectivity index (χ2v) is 6.65. The van der Waals surface area contributed by atoms with E-state index in [1.165, 1.54) is 16.7 Å². The normalized spacial score (nSPS) is 12.2. The minimum Gasteiger partial charge on any atom is -0.494 e. The molecule has 2 rings (SSSR count). The van der Waals surface area contributed by atoms with E-state index in [4.69, 9.17) is 16.3 Å². The van der Waals surface area contributed by atoms with Gasteiger partial charge in [0.25, 0.3) is 0 Å². The van der Waals surface area contributed by atoms with Gasteiger partial charge in [0, 0.05) is 10.0 Å². The number of hydrogen-bond acceptors (Lipinski definition) is 1. The number of alkyl halides is 1. The fourth-order valence-electron chi connectivity index (χ4n) is 2.30. The Morgan fingerprint density at radius 1 is 1.10 bits per heavy atom. The van der Waals surface area contributed by atoms with Gasteiger partial charge < -0.3 is 4.74 Å². The molecule has 1 atom stereocenters. The predicted octanol–water partition coefficient (Wildman–Crippen LogP) is 5.99. The number of aryl methyl sites for hydroxylation is 2. The molecule has 0 heterocycles. The van der Waals surface area contributed by atoms with Crippen molar-refractivity contribution in [2.45, 2.75) is 32.6 Å². The summed E-state index contributed by atoms with van der Waals surface area (Å²) in [5.74, 6) is 0.865. The summed E-state index contributed by atoms with van der Waals surface area (Å²) in [4.78, 5) is 0. The topological polar surface area (TPSA) is 9.23 Å². The SMILES string of the molecule is CCOc1ccc(Br)cc1C(Cl)Cc1ccc(C)c(C)c1. The summed E-state index contributed by atoms with van der Waals surface area (Å²) in [5, 5.41) is -0.105. The summed E-state index contributed by atoms with van der Waals surface area (Å²) in [6, 6.07) is 12.5. The molecule has 112 valence electrons. The number of benzene rings is 2. The second kappa shape index (κ2) is 7.33. The van der Waals surface area contributed by atoms with Crippen molar-refractivity contribution in [3.05, 3.63) is 63.1 Å². The van der Waals surface area contributed by atoms with E-state index in [1.807, 2.05) is 25.1 Å². The third-order valence-corrected chi connectivity index (χ3v) is 4.48. The highest BCUT2D eigenvalue weighted by Gasteiger charge is 2.15. The lowest BCUT2D eigenvalue weighted by Crippen LogP contribution is -2.02. The maximum absolute atomic E-state index is 6.64. The zero-order valence-corrected chi connectivity index (χ0v) is 15.0. The maximum Gasteiger partial charge on any atom is 0.124 e. The van der Waals surface area contributed by atoms with Crippen LogP contribution in [0.1, 0.15) is 34.6 Å². The molecule has 0 fully saturated rings. The monoisotopic (exact) mass is 366 g/mol. The van der Waals surface area contributed by atoms with Gasteiger partial charge in [-0.1, -0.05) is 34.1 Å². The van der Waals surface area contributed by atoms with E-state index in [0.717, 1.165) is 22.2 Å². The predicted molar refractivity (Wildman–Crippen MR) is 93.5 cm³/mol. The molecule has 21 heavy (non-hydrogen) atoms. The van der Waals surface area contributed by atoms with Crippen LogP contribution in [0.15, 0.2) is 40.9 Å². The first kappa shape index (κ1) is 16.4. The molecular formula is C18H20BrClO. The zero-order chi connectivity index (χ0) is 15.4. The molecule has 0 amide bonds. The van der Waals surface area contributed by atoms with Crippen LogP contribution in [0.3, 0.4) is 0 Å². The average molecular weight is 368 g/mol. The zero-order valence-electron chi connectivity index (χ0n) is 12.6. The van der Waals surface area contributed by atoms with E-state index in [1.54, 1.807) is 0 Å². The molecular weight excluding hydrogens is 348 g/mol. The number of ether oxygens (including phenoxy) is 1. The van der Waals surface area contributed by atoms with Crippen LogP contribution in [0.25, 0.3) is 0 Å². The fraction of sp³-hybridized carbons (Fsp3) is 0.333. The third kappa shape index (κ3) is 4.24. The molecule has 2 aromatic carbocycles. The van der Waals surface area contributed by atoms with Crippen molar-refractivity contribution in [1.82, 2.24) is 0 Å². The quantitative estimate of drug-likeness (QED) is 0.590. The van der Waals surface area contributed by atoms with Crippen molar-refractivity contribution < 1.29 is 4.74 Å². The van der Waals surface area contributed by atoms with Crippen molar-refractivity contribution in [3.63, 3.8) is 0 Å². The van der Waals surface area contributed by atoms with Gasteiger partial charge in [-0.2, -0.15) is 0 Å². The van der Waals surface area contributed by atoms with E-state index in [-0.39, 0.29) is 5.38 Å². The highest BCUT2D eigenvalue weighted by atomic mass is 79.9. The Balaban J connectivity index is 2.24. The number of rotatable bonds is 5. The van der Waals surface area contributed by atoms with E-state index in [9.17, 15) is 0 Å². The molecule has 0 aliphatic heterocycles. The molecule has 2 aromatic rings. The summed E-state index contributed by atoms with van der Waals surface area (Å²) in [6.45, 7) is 6.88. The molecule has 0 aliphatic carbocycles. The first-order chi connectivity index (χ1) is 10.0. The molecule has 1 unspecified atom stereocenters. The summed E-state index contributed by atoms with van der Waals surface area (Å²) in [5.41, 5.74) is 4.89. The number of hydrogen-bond donors (Lipinski definition) is 0. The van der Waals surface area contributed by atoms with Gasteiger partial charge in [0.05, 0.1) is 12.0 Å². The molecule has 0 aromatic heterocycles. The molecule has 3 heteroatoms. The summed E-state index contributed by atoms with van der Waals surface area (Å²) < 4.78 is 6.71. The van der Waals surface area contributed by atoms with Crippen LogP contribution in [0.4, 0.5) is 0 Å². The minimum absolute atomic E-state index is 0.105. The van der Waals surface area contributed by atoms with Crippen LogP contribution in [0, 0.1) is 13.8 Å². The first-order valence-corrected chi connectivity index (χ1v) is 8.36. The first-order valence-electron chi connectivity index (χ1n) is 7.13. The van der Waals surface area contributed by atoms with Gasteiger partial charge in [-0.05, 0) is 62.1 Å². The molecule has 0 radical (unpaired) electrons. The van der Waals surface area contributed by atoms with E-state index in [0.29, 0.717) is 6.61 Å². The minimum atomic E-state index is -0.105. The molecule has 0 saturated carbocycles. The van der Waals surface area contributed by atoms with Gasteiger partial charge in [0.2, 0.25) is 0 Å². The van der Waals surface area contributed by atoms with Crippen molar-refractivity contribution in [1.29, 1.82) is 0 Å². The number of halogens is 2. The summed E-state index contributed by atoms with van der Waals surface area (Å²) in [6.07, 6.45) is 0.791. The van der Waals surface area contributed by atoms with Gasteiger partial charge in [-0.3, -0.25) is 0 Å². The van der Waals surface area contributed by atoms with Gasteiger partial charge in [-0.15, -0.1) is 11.6 Å². The van der Waals surface area contributed by atoms with Crippen molar-refractivity contribution >= 4 is 27.5 Å². The van der Waals surface area contributed by atoms with Crippen molar-refractivity contribution in [2.75, 3.05) is 6.61 Å². The van der Waals surface area contributed by atoms with Gasteiger partial charge in [-0.25, -0.2) is 0 Å². The molecule has 0 spiro atoms. The Morgan fingerprint density at radius 3 is 2.52 bits per heavy atom. The second-order valence-electron chi connectivity index (χ2n) is 5.21. The van der Waals surface area contributed by atoms with Gasteiger partial charge >= 0.3 is 0 Å². The summed E-state index contributed by atoms with van der Waals surface area (Å²) in [7, 11) is 0. The molecule has 0 N–H and O–H groups in total. The highest BCUT2D eigenvalue weighted by molar-refractivity contribution is 9.10. The van der Waals surface area contributed by atoms with Crippen LogP contribution in [-0.4, -0.2) is 6.61 Å². The molecule has 0 aliphatic rings. The van der Waals surface area contributed by atoms with Crippen LogP contribution in [0.5, 0.6) is 5.75 Å². The Morgan fingerprint density at radius 2 is 1.86 bits per heavy atom. The van der Waals surface area contributed by atoms with Crippen LogP contribution in [0.2, 0.25) is 0 Å². The Labute approximate surface area is 140 Å².